The third kappa shape index (κ3) is 3.04. The average molecular weight is 350 g/mol. The average Bonchev–Trinajstić information content (AvgIpc) is 2.38. The Morgan fingerprint density at radius 3 is 2.79 bits per heavy atom. The van der Waals surface area contributed by atoms with E-state index in [2.05, 4.69) is 15.9 Å². The summed E-state index contributed by atoms with van der Waals surface area (Å²) in [6.07, 6.45) is 2.16. The van der Waals surface area contributed by atoms with Crippen LogP contribution in [0.4, 0.5) is 4.39 Å². The molecule has 0 spiro atoms. The Bertz CT molecular complexity index is 591. The van der Waals surface area contributed by atoms with E-state index in [1.165, 1.54) is 10.4 Å². The molecule has 0 aromatic heterocycles. The predicted octanol–water partition coefficient (Wildman–Crippen LogP) is 2.19. The van der Waals surface area contributed by atoms with E-state index in [0.717, 1.165) is 18.4 Å². The number of nitrogens with zero attached hydrogens (tertiary/aromatic N) is 1. The lowest BCUT2D eigenvalue weighted by atomic mass is 10.0. The minimum Gasteiger partial charge on any atom is -0.303 e. The van der Waals surface area contributed by atoms with E-state index >= 15 is 0 Å². The maximum atomic E-state index is 13.0. The van der Waals surface area contributed by atoms with E-state index in [-0.39, 0.29) is 21.8 Å². The Labute approximate surface area is 119 Å². The third-order valence-electron chi connectivity index (χ3n) is 3.12. The van der Waals surface area contributed by atoms with Crippen molar-refractivity contribution in [1.82, 2.24) is 4.31 Å². The zero-order valence-electron chi connectivity index (χ0n) is 10.1. The van der Waals surface area contributed by atoms with Crippen molar-refractivity contribution in [3.05, 3.63) is 28.5 Å². The number of hydrogen-bond donors (Lipinski definition) is 0. The van der Waals surface area contributed by atoms with Gasteiger partial charge in [-0.05, 0) is 47.0 Å². The molecule has 0 bridgehead atoms. The van der Waals surface area contributed by atoms with E-state index in [9.17, 15) is 17.6 Å². The van der Waals surface area contributed by atoms with Crippen molar-refractivity contribution in [2.45, 2.75) is 17.7 Å². The highest BCUT2D eigenvalue weighted by Gasteiger charge is 2.31. The van der Waals surface area contributed by atoms with Crippen LogP contribution in [0.25, 0.3) is 0 Å². The number of piperidine rings is 1. The van der Waals surface area contributed by atoms with E-state index in [1.54, 1.807) is 0 Å². The normalized spacial score (nSPS) is 21.3. The van der Waals surface area contributed by atoms with Gasteiger partial charge in [0.05, 0.1) is 4.90 Å². The summed E-state index contributed by atoms with van der Waals surface area (Å²) >= 11 is 3.07. The van der Waals surface area contributed by atoms with E-state index in [4.69, 9.17) is 0 Å². The molecule has 19 heavy (non-hydrogen) atoms. The quantitative estimate of drug-likeness (QED) is 0.786. The van der Waals surface area contributed by atoms with Crippen molar-refractivity contribution in [2.24, 2.45) is 5.92 Å². The Balaban J connectivity index is 2.33. The number of hydrogen-bond acceptors (Lipinski definition) is 3. The molecule has 4 nitrogen and oxygen atoms in total. The van der Waals surface area contributed by atoms with Crippen LogP contribution in [0.15, 0.2) is 27.6 Å². The first kappa shape index (κ1) is 14.6. The zero-order valence-corrected chi connectivity index (χ0v) is 12.5. The SMILES string of the molecule is O=CC1CCCN(S(=O)(=O)c2ccc(F)cc2Br)C1. The van der Waals surface area contributed by atoms with Gasteiger partial charge in [0, 0.05) is 23.5 Å². The molecule has 1 unspecified atom stereocenters. The van der Waals surface area contributed by atoms with Gasteiger partial charge in [-0.25, -0.2) is 12.8 Å². The summed E-state index contributed by atoms with van der Waals surface area (Å²) in [5.74, 6) is -0.766. The van der Waals surface area contributed by atoms with Gasteiger partial charge >= 0.3 is 0 Å². The van der Waals surface area contributed by atoms with Crippen molar-refractivity contribution in [2.75, 3.05) is 13.1 Å². The van der Waals surface area contributed by atoms with Crippen LogP contribution in [0, 0.1) is 11.7 Å². The molecule has 1 aliphatic rings. The summed E-state index contributed by atoms with van der Waals surface area (Å²) in [7, 11) is -3.69. The van der Waals surface area contributed by atoms with Crippen LogP contribution in [0.2, 0.25) is 0 Å². The van der Waals surface area contributed by atoms with Crippen molar-refractivity contribution in [3.63, 3.8) is 0 Å². The smallest absolute Gasteiger partial charge is 0.244 e. The highest BCUT2D eigenvalue weighted by atomic mass is 79.9. The highest BCUT2D eigenvalue weighted by molar-refractivity contribution is 9.10. The second kappa shape index (κ2) is 5.68. The molecule has 0 N–H and O–H groups in total. The summed E-state index contributed by atoms with van der Waals surface area (Å²) in [4.78, 5) is 10.8. The first-order valence-electron chi connectivity index (χ1n) is 5.85. The molecular weight excluding hydrogens is 337 g/mol. The van der Waals surface area contributed by atoms with Crippen LogP contribution in [-0.4, -0.2) is 32.1 Å². The maximum absolute atomic E-state index is 13.0. The molecular formula is C12H13BrFNO3S. The standard InChI is InChI=1S/C12H13BrFNO3S/c13-11-6-10(14)3-4-12(11)19(17,18)15-5-1-2-9(7-15)8-16/h3-4,6,8-9H,1-2,5,7H2. The number of aldehydes is 1. The van der Waals surface area contributed by atoms with Crippen LogP contribution < -0.4 is 0 Å². The van der Waals surface area contributed by atoms with Gasteiger partial charge in [-0.2, -0.15) is 4.31 Å². The summed E-state index contributed by atoms with van der Waals surface area (Å²) in [5, 5.41) is 0. The van der Waals surface area contributed by atoms with Crippen LogP contribution in [0.1, 0.15) is 12.8 Å². The summed E-state index contributed by atoms with van der Waals surface area (Å²) < 4.78 is 39.4. The van der Waals surface area contributed by atoms with Crippen molar-refractivity contribution in [3.8, 4) is 0 Å². The molecule has 1 fully saturated rings. The highest BCUT2D eigenvalue weighted by Crippen LogP contribution is 2.28. The molecule has 1 saturated heterocycles. The fourth-order valence-electron chi connectivity index (χ4n) is 2.13. The van der Waals surface area contributed by atoms with Gasteiger partial charge in [0.15, 0.2) is 0 Å². The summed E-state index contributed by atoms with van der Waals surface area (Å²) in [6, 6.07) is 3.46. The Morgan fingerprint density at radius 1 is 1.42 bits per heavy atom. The number of benzene rings is 1. The molecule has 7 heteroatoms. The first-order chi connectivity index (χ1) is 8.95. The molecule has 1 atom stereocenters. The zero-order chi connectivity index (χ0) is 14.0. The van der Waals surface area contributed by atoms with Crippen molar-refractivity contribution >= 4 is 32.2 Å². The lowest BCUT2D eigenvalue weighted by molar-refractivity contribution is -0.112. The molecule has 1 heterocycles. The molecule has 104 valence electrons. The third-order valence-corrected chi connectivity index (χ3v) is 5.97. The van der Waals surface area contributed by atoms with Gasteiger partial charge in [-0.15, -0.1) is 0 Å². The number of rotatable bonds is 3. The molecule has 1 aromatic rings. The van der Waals surface area contributed by atoms with Crippen molar-refractivity contribution < 1.29 is 17.6 Å². The van der Waals surface area contributed by atoms with Crippen molar-refractivity contribution in [1.29, 1.82) is 0 Å². The predicted molar refractivity (Wildman–Crippen MR) is 71.6 cm³/mol. The van der Waals surface area contributed by atoms with Crippen LogP contribution in [0.3, 0.4) is 0 Å². The Morgan fingerprint density at radius 2 is 2.16 bits per heavy atom. The number of sulfonamides is 1. The molecule has 1 aromatic carbocycles. The molecule has 1 aliphatic heterocycles. The molecule has 2 rings (SSSR count). The van der Waals surface area contributed by atoms with E-state index < -0.39 is 15.8 Å². The fraction of sp³-hybridized carbons (Fsp3) is 0.417. The van der Waals surface area contributed by atoms with Crippen LogP contribution >= 0.6 is 15.9 Å². The van der Waals surface area contributed by atoms with Gasteiger partial charge in [0.2, 0.25) is 10.0 Å². The topological polar surface area (TPSA) is 54.5 Å². The summed E-state index contributed by atoms with van der Waals surface area (Å²) in [6.45, 7) is 0.576. The molecule has 0 radical (unpaired) electrons. The lowest BCUT2D eigenvalue weighted by Gasteiger charge is -2.29. The van der Waals surface area contributed by atoms with Crippen LogP contribution in [-0.2, 0) is 14.8 Å². The number of halogens is 2. The Hall–Kier alpha value is -0.790. The monoisotopic (exact) mass is 349 g/mol. The second-order valence-electron chi connectivity index (χ2n) is 4.48. The second-order valence-corrected chi connectivity index (χ2v) is 7.24. The molecule has 0 amide bonds. The van der Waals surface area contributed by atoms with Gasteiger partial charge in [0.1, 0.15) is 12.1 Å². The van der Waals surface area contributed by atoms with E-state index in [0.29, 0.717) is 19.4 Å². The van der Waals surface area contributed by atoms with Gasteiger partial charge in [-0.3, -0.25) is 0 Å². The summed E-state index contributed by atoms with van der Waals surface area (Å²) in [5.41, 5.74) is 0. The van der Waals surface area contributed by atoms with Crippen LogP contribution in [0.5, 0.6) is 0 Å². The minimum atomic E-state index is -3.69. The van der Waals surface area contributed by atoms with Gasteiger partial charge in [0.25, 0.3) is 0 Å². The minimum absolute atomic E-state index is 0.0282. The maximum Gasteiger partial charge on any atom is 0.244 e. The number of carbonyl (C=O) groups excluding carboxylic acids is 1. The van der Waals surface area contributed by atoms with Gasteiger partial charge in [-0.1, -0.05) is 0 Å². The molecule has 0 saturated carbocycles. The first-order valence-corrected chi connectivity index (χ1v) is 8.09. The fourth-order valence-corrected chi connectivity index (χ4v) is 4.67. The molecule has 0 aliphatic carbocycles. The largest absolute Gasteiger partial charge is 0.303 e. The lowest BCUT2D eigenvalue weighted by Crippen LogP contribution is -2.40. The van der Waals surface area contributed by atoms with Gasteiger partial charge < -0.3 is 4.79 Å². The Kier molecular flexibility index (Phi) is 4.37. The number of carbonyl (C=O) groups is 1. The van der Waals surface area contributed by atoms with E-state index in [1.807, 2.05) is 0 Å².